The Hall–Kier alpha value is -1.46. The number of amides is 1. The third kappa shape index (κ3) is 3.87. The van der Waals surface area contributed by atoms with E-state index >= 15 is 0 Å². The van der Waals surface area contributed by atoms with E-state index in [0.717, 1.165) is 4.31 Å². The molecule has 2 heterocycles. The van der Waals surface area contributed by atoms with E-state index in [-0.39, 0.29) is 34.9 Å². The summed E-state index contributed by atoms with van der Waals surface area (Å²) in [6.07, 6.45) is 0.419. The van der Waals surface area contributed by atoms with E-state index in [1.54, 1.807) is 20.9 Å². The van der Waals surface area contributed by atoms with Gasteiger partial charge in [0.15, 0.2) is 9.84 Å². The SMILES string of the molecule is Cc1nn(CC(=O)N(C)C2CCS(=O)(=O)C2)c(C)c1S(=O)(=O)N(C)C. The number of aryl methyl sites for hydroxylation is 1. The lowest BCUT2D eigenvalue weighted by Gasteiger charge is -2.23. The molecule has 1 aliphatic heterocycles. The van der Waals surface area contributed by atoms with Crippen LogP contribution in [-0.4, -0.2) is 80.4 Å². The minimum Gasteiger partial charge on any atom is -0.340 e. The summed E-state index contributed by atoms with van der Waals surface area (Å²) in [5.74, 6) is -0.256. The molecule has 1 aromatic rings. The average Bonchev–Trinajstić information content (AvgIpc) is 2.98. The van der Waals surface area contributed by atoms with Gasteiger partial charge in [-0.2, -0.15) is 5.10 Å². The second-order valence-corrected chi connectivity index (χ2v) is 10.8. The normalized spacial score (nSPS) is 20.2. The van der Waals surface area contributed by atoms with Gasteiger partial charge in [0.2, 0.25) is 15.9 Å². The third-order valence-corrected chi connectivity index (χ3v) is 8.31. The van der Waals surface area contributed by atoms with Crippen molar-refractivity contribution in [2.45, 2.75) is 37.8 Å². The van der Waals surface area contributed by atoms with E-state index < -0.39 is 19.9 Å². The molecule has 1 amide bonds. The smallest absolute Gasteiger partial charge is 0.246 e. The number of carbonyl (C=O) groups excluding carboxylic acids is 1. The van der Waals surface area contributed by atoms with Crippen molar-refractivity contribution in [3.63, 3.8) is 0 Å². The first-order chi connectivity index (χ1) is 11.4. The van der Waals surface area contributed by atoms with Gasteiger partial charge in [-0.15, -0.1) is 0 Å². The van der Waals surface area contributed by atoms with Crippen LogP contribution < -0.4 is 0 Å². The van der Waals surface area contributed by atoms with E-state index in [4.69, 9.17) is 0 Å². The van der Waals surface area contributed by atoms with Crippen LogP contribution in [0.2, 0.25) is 0 Å². The summed E-state index contributed by atoms with van der Waals surface area (Å²) < 4.78 is 50.4. The van der Waals surface area contributed by atoms with Crippen LogP contribution in [0.3, 0.4) is 0 Å². The van der Waals surface area contributed by atoms with Crippen molar-refractivity contribution in [3.05, 3.63) is 11.4 Å². The molecule has 0 bridgehead atoms. The number of aromatic nitrogens is 2. The minimum absolute atomic E-state index is 0.0351. The molecule has 11 heteroatoms. The van der Waals surface area contributed by atoms with Crippen LogP contribution >= 0.6 is 0 Å². The molecule has 1 aromatic heterocycles. The zero-order valence-corrected chi connectivity index (χ0v) is 16.7. The summed E-state index contributed by atoms with van der Waals surface area (Å²) in [6, 6.07) is -0.348. The highest BCUT2D eigenvalue weighted by molar-refractivity contribution is 7.91. The van der Waals surface area contributed by atoms with Crippen LogP contribution in [-0.2, 0) is 31.2 Å². The molecule has 1 unspecified atom stereocenters. The number of nitrogens with zero attached hydrogens (tertiary/aromatic N) is 4. The fourth-order valence-electron chi connectivity index (χ4n) is 2.91. The second-order valence-electron chi connectivity index (χ2n) is 6.51. The summed E-state index contributed by atoms with van der Waals surface area (Å²) in [6.45, 7) is 3.05. The molecule has 0 radical (unpaired) electrons. The van der Waals surface area contributed by atoms with Crippen molar-refractivity contribution in [2.24, 2.45) is 0 Å². The van der Waals surface area contributed by atoms with Crippen LogP contribution in [0.25, 0.3) is 0 Å². The largest absolute Gasteiger partial charge is 0.340 e. The Morgan fingerprint density at radius 2 is 1.88 bits per heavy atom. The number of hydrogen-bond donors (Lipinski definition) is 0. The zero-order chi connectivity index (χ0) is 19.2. The van der Waals surface area contributed by atoms with Crippen molar-refractivity contribution < 1.29 is 21.6 Å². The Kier molecular flexibility index (Phi) is 5.31. The van der Waals surface area contributed by atoms with Crippen molar-refractivity contribution in [3.8, 4) is 0 Å². The Morgan fingerprint density at radius 1 is 1.28 bits per heavy atom. The molecule has 0 spiro atoms. The van der Waals surface area contributed by atoms with Gasteiger partial charge in [0.25, 0.3) is 0 Å². The summed E-state index contributed by atoms with van der Waals surface area (Å²) in [4.78, 5) is 14.0. The zero-order valence-electron chi connectivity index (χ0n) is 15.1. The van der Waals surface area contributed by atoms with Crippen molar-refractivity contribution >= 4 is 25.8 Å². The highest BCUT2D eigenvalue weighted by atomic mass is 32.2. The van der Waals surface area contributed by atoms with Gasteiger partial charge in [-0.1, -0.05) is 0 Å². The van der Waals surface area contributed by atoms with E-state index in [0.29, 0.717) is 17.8 Å². The highest BCUT2D eigenvalue weighted by Gasteiger charge is 2.33. The van der Waals surface area contributed by atoms with Gasteiger partial charge < -0.3 is 4.90 Å². The van der Waals surface area contributed by atoms with E-state index in [1.165, 1.54) is 23.7 Å². The predicted molar refractivity (Wildman–Crippen MR) is 92.4 cm³/mol. The molecule has 1 aliphatic rings. The summed E-state index contributed by atoms with van der Waals surface area (Å²) in [5.41, 5.74) is 0.706. The fourth-order valence-corrected chi connectivity index (χ4v) is 5.95. The minimum atomic E-state index is -3.66. The Bertz CT molecular complexity index is 887. The number of likely N-dealkylation sites (N-methyl/N-ethyl adjacent to an activating group) is 1. The quantitative estimate of drug-likeness (QED) is 0.662. The van der Waals surface area contributed by atoms with Gasteiger partial charge in [-0.05, 0) is 20.3 Å². The van der Waals surface area contributed by atoms with Gasteiger partial charge in [-0.25, -0.2) is 21.1 Å². The average molecular weight is 393 g/mol. The van der Waals surface area contributed by atoms with Crippen LogP contribution in [0.4, 0.5) is 0 Å². The number of rotatable bonds is 5. The molecule has 9 nitrogen and oxygen atoms in total. The van der Waals surface area contributed by atoms with Gasteiger partial charge >= 0.3 is 0 Å². The molecule has 25 heavy (non-hydrogen) atoms. The van der Waals surface area contributed by atoms with Crippen molar-refractivity contribution in [2.75, 3.05) is 32.6 Å². The Balaban J connectivity index is 2.23. The van der Waals surface area contributed by atoms with Gasteiger partial charge in [0.05, 0.1) is 22.9 Å². The Morgan fingerprint density at radius 3 is 2.36 bits per heavy atom. The fraction of sp³-hybridized carbons (Fsp3) is 0.714. The second kappa shape index (κ2) is 6.69. The third-order valence-electron chi connectivity index (χ3n) is 4.49. The van der Waals surface area contributed by atoms with E-state index in [9.17, 15) is 21.6 Å². The maximum absolute atomic E-state index is 12.5. The maximum Gasteiger partial charge on any atom is 0.246 e. The van der Waals surface area contributed by atoms with Gasteiger partial charge in [0.1, 0.15) is 11.4 Å². The topological polar surface area (TPSA) is 110 Å². The highest BCUT2D eigenvalue weighted by Crippen LogP contribution is 2.22. The lowest BCUT2D eigenvalue weighted by molar-refractivity contribution is -0.132. The molecule has 0 aliphatic carbocycles. The molecule has 0 aromatic carbocycles. The Labute approximate surface area is 148 Å². The molecular formula is C14H24N4O5S2. The molecule has 0 N–H and O–H groups in total. The monoisotopic (exact) mass is 392 g/mol. The molecule has 1 saturated heterocycles. The molecular weight excluding hydrogens is 368 g/mol. The molecule has 1 atom stereocenters. The molecule has 142 valence electrons. The van der Waals surface area contributed by atoms with Gasteiger partial charge in [0, 0.05) is 27.2 Å². The first-order valence-electron chi connectivity index (χ1n) is 7.79. The molecule has 0 saturated carbocycles. The van der Waals surface area contributed by atoms with Crippen molar-refractivity contribution in [1.29, 1.82) is 0 Å². The van der Waals surface area contributed by atoms with Gasteiger partial charge in [-0.3, -0.25) is 9.48 Å². The van der Waals surface area contributed by atoms with Crippen LogP contribution in [0.15, 0.2) is 4.90 Å². The standard InChI is InChI=1S/C14H24N4O5S2/c1-10-14(25(22,23)16(3)4)11(2)18(15-10)8-13(19)17(5)12-6-7-24(20,21)9-12/h12H,6-9H2,1-5H3. The number of carbonyl (C=O) groups is 1. The van der Waals surface area contributed by atoms with Crippen LogP contribution in [0.1, 0.15) is 17.8 Å². The van der Waals surface area contributed by atoms with E-state index in [2.05, 4.69) is 5.10 Å². The first-order valence-corrected chi connectivity index (χ1v) is 11.1. The maximum atomic E-state index is 12.5. The van der Waals surface area contributed by atoms with E-state index in [1.807, 2.05) is 0 Å². The lowest BCUT2D eigenvalue weighted by Crippen LogP contribution is -2.40. The van der Waals surface area contributed by atoms with Crippen LogP contribution in [0.5, 0.6) is 0 Å². The van der Waals surface area contributed by atoms with Crippen LogP contribution in [0, 0.1) is 13.8 Å². The predicted octanol–water partition coefficient (Wildman–Crippen LogP) is -0.604. The number of sulfone groups is 1. The number of hydrogen-bond acceptors (Lipinski definition) is 6. The first kappa shape index (κ1) is 19.9. The molecule has 1 fully saturated rings. The summed E-state index contributed by atoms with van der Waals surface area (Å²) >= 11 is 0. The summed E-state index contributed by atoms with van der Waals surface area (Å²) in [7, 11) is -2.31. The molecule has 2 rings (SSSR count). The van der Waals surface area contributed by atoms with Crippen molar-refractivity contribution in [1.82, 2.24) is 19.0 Å². The number of sulfonamides is 1. The lowest BCUT2D eigenvalue weighted by atomic mass is 10.2. The summed E-state index contributed by atoms with van der Waals surface area (Å²) in [5, 5.41) is 4.18.